The highest BCUT2D eigenvalue weighted by molar-refractivity contribution is 5.99. The summed E-state index contributed by atoms with van der Waals surface area (Å²) in [6.07, 6.45) is 3.82. The molecule has 0 aromatic carbocycles. The molecule has 0 aliphatic carbocycles. The van der Waals surface area contributed by atoms with E-state index >= 15 is 0 Å². The van der Waals surface area contributed by atoms with Gasteiger partial charge in [-0.25, -0.2) is 0 Å². The summed E-state index contributed by atoms with van der Waals surface area (Å²) in [7, 11) is 1.70. The quantitative estimate of drug-likeness (QED) is 0.488. The lowest BCUT2D eigenvalue weighted by Gasteiger charge is -2.44. The monoisotopic (exact) mass is 503 g/mol. The van der Waals surface area contributed by atoms with Crippen molar-refractivity contribution in [1.29, 1.82) is 0 Å². The Morgan fingerprint density at radius 2 is 1.81 bits per heavy atom. The molecule has 3 heterocycles. The van der Waals surface area contributed by atoms with E-state index in [1.54, 1.807) is 33.9 Å². The van der Waals surface area contributed by atoms with E-state index in [1.807, 2.05) is 48.5 Å². The highest BCUT2D eigenvalue weighted by Crippen LogP contribution is 2.66. The maximum absolute atomic E-state index is 14.4. The van der Waals surface area contributed by atoms with E-state index in [9.17, 15) is 19.5 Å². The van der Waals surface area contributed by atoms with E-state index in [4.69, 9.17) is 4.74 Å². The number of amides is 3. The number of rotatable bonds is 9. The van der Waals surface area contributed by atoms with Crippen molar-refractivity contribution in [2.24, 2.45) is 23.7 Å². The lowest BCUT2D eigenvalue weighted by molar-refractivity contribution is -0.160. The second kappa shape index (κ2) is 9.60. The number of ether oxygens (including phenoxy) is 1. The van der Waals surface area contributed by atoms with Crippen LogP contribution in [-0.2, 0) is 19.1 Å². The largest absolute Gasteiger partial charge is 0.394 e. The van der Waals surface area contributed by atoms with Crippen molar-refractivity contribution in [2.45, 2.75) is 83.7 Å². The first-order valence-electron chi connectivity index (χ1n) is 13.0. The summed E-state index contributed by atoms with van der Waals surface area (Å²) >= 11 is 0. The molecule has 36 heavy (non-hydrogen) atoms. The average molecular weight is 504 g/mol. The van der Waals surface area contributed by atoms with Gasteiger partial charge in [-0.05, 0) is 46.0 Å². The van der Waals surface area contributed by atoms with Crippen LogP contribution < -0.4 is 0 Å². The Bertz CT molecular complexity index is 927. The van der Waals surface area contributed by atoms with Crippen molar-refractivity contribution < 1.29 is 24.2 Å². The lowest BCUT2D eigenvalue weighted by Crippen LogP contribution is -2.62. The van der Waals surface area contributed by atoms with Crippen LogP contribution in [0.25, 0.3) is 0 Å². The fraction of sp³-hybridized carbons (Fsp3) is 0.750. The van der Waals surface area contributed by atoms with Crippen molar-refractivity contribution in [3.8, 4) is 0 Å². The van der Waals surface area contributed by atoms with Crippen molar-refractivity contribution in [1.82, 2.24) is 14.7 Å². The summed E-state index contributed by atoms with van der Waals surface area (Å²) in [5.41, 5.74) is -2.56. The van der Waals surface area contributed by atoms with Gasteiger partial charge in [0.25, 0.3) is 0 Å². The Morgan fingerprint density at radius 3 is 2.28 bits per heavy atom. The van der Waals surface area contributed by atoms with Crippen molar-refractivity contribution in [2.75, 3.05) is 26.7 Å². The van der Waals surface area contributed by atoms with Crippen molar-refractivity contribution >= 4 is 17.7 Å². The second-order valence-electron chi connectivity index (χ2n) is 12.4. The minimum absolute atomic E-state index is 0.0444. The van der Waals surface area contributed by atoms with E-state index in [0.717, 1.165) is 0 Å². The maximum Gasteiger partial charge on any atom is 0.249 e. The van der Waals surface area contributed by atoms with E-state index < -0.39 is 40.7 Å². The molecule has 202 valence electrons. The third-order valence-corrected chi connectivity index (χ3v) is 8.73. The summed E-state index contributed by atoms with van der Waals surface area (Å²) in [6.45, 7) is 21.6. The number of nitrogens with zero attached hydrogens (tertiary/aromatic N) is 3. The molecule has 3 aliphatic heterocycles. The zero-order valence-corrected chi connectivity index (χ0v) is 23.3. The van der Waals surface area contributed by atoms with Crippen LogP contribution in [-0.4, -0.2) is 93.1 Å². The van der Waals surface area contributed by atoms with Crippen LogP contribution in [0.4, 0.5) is 0 Å². The highest BCUT2D eigenvalue weighted by atomic mass is 16.5. The smallest absolute Gasteiger partial charge is 0.249 e. The molecule has 3 amide bonds. The molecule has 3 unspecified atom stereocenters. The van der Waals surface area contributed by atoms with Gasteiger partial charge in [0.1, 0.15) is 11.6 Å². The fourth-order valence-electron chi connectivity index (χ4n) is 6.80. The normalized spacial score (nSPS) is 34.1. The predicted octanol–water partition coefficient (Wildman–Crippen LogP) is 2.47. The van der Waals surface area contributed by atoms with E-state index in [-0.39, 0.29) is 36.2 Å². The number of aliphatic hydroxyl groups excluding tert-OH is 1. The van der Waals surface area contributed by atoms with Gasteiger partial charge in [0.15, 0.2) is 0 Å². The highest BCUT2D eigenvalue weighted by Gasteiger charge is 2.80. The standard InChI is InChI=1S/C28H45N3O5/c1-11-13-29(10)23(33)20-21-24(34)31(19(16-32)17(3)4)22(25(35)30(14-12-2)26(6,7)8)28(21)15-18(5)27(20,9)36-28/h11-12,17-22,32H,1-2,13-16H2,3-10H3/t18?,19-,20-,21-,22?,27+,28?/m0/s1. The first-order valence-corrected chi connectivity index (χ1v) is 13.0. The van der Waals surface area contributed by atoms with Gasteiger partial charge in [0.2, 0.25) is 17.7 Å². The Hall–Kier alpha value is -2.19. The number of aliphatic hydroxyl groups is 1. The molecule has 8 heteroatoms. The van der Waals surface area contributed by atoms with E-state index in [1.165, 1.54) is 0 Å². The molecule has 0 aromatic heterocycles. The zero-order valence-electron chi connectivity index (χ0n) is 23.3. The molecule has 7 atom stereocenters. The number of carbonyl (C=O) groups is 3. The summed E-state index contributed by atoms with van der Waals surface area (Å²) in [4.78, 5) is 47.4. The molecule has 3 aliphatic rings. The van der Waals surface area contributed by atoms with Gasteiger partial charge in [-0.1, -0.05) is 32.9 Å². The molecule has 3 fully saturated rings. The maximum atomic E-state index is 14.4. The van der Waals surface area contributed by atoms with E-state index in [0.29, 0.717) is 19.5 Å². The van der Waals surface area contributed by atoms with Gasteiger partial charge in [-0.15, -0.1) is 13.2 Å². The first kappa shape index (κ1) is 28.4. The summed E-state index contributed by atoms with van der Waals surface area (Å²) < 4.78 is 6.80. The van der Waals surface area contributed by atoms with Crippen LogP contribution in [0.1, 0.15) is 54.9 Å². The Morgan fingerprint density at radius 1 is 1.22 bits per heavy atom. The third kappa shape index (κ3) is 4.01. The molecule has 3 rings (SSSR count). The minimum Gasteiger partial charge on any atom is -0.394 e. The minimum atomic E-state index is -1.15. The number of fused-ring (bicyclic) bond motifs is 1. The number of likely N-dealkylation sites (tertiary alicyclic amines) is 1. The van der Waals surface area contributed by atoms with Crippen LogP contribution >= 0.6 is 0 Å². The lowest BCUT2D eigenvalue weighted by atomic mass is 9.62. The molecule has 0 aromatic rings. The topological polar surface area (TPSA) is 90.4 Å². The summed E-state index contributed by atoms with van der Waals surface area (Å²) in [5.74, 6) is -2.37. The van der Waals surface area contributed by atoms with E-state index in [2.05, 4.69) is 13.2 Å². The Labute approximate surface area is 216 Å². The average Bonchev–Trinajstić information content (AvgIpc) is 3.28. The van der Waals surface area contributed by atoms with Crippen LogP contribution in [0.3, 0.4) is 0 Å². The van der Waals surface area contributed by atoms with Crippen LogP contribution in [0.5, 0.6) is 0 Å². The molecular formula is C28H45N3O5. The number of likely N-dealkylation sites (N-methyl/N-ethyl adjacent to an activating group) is 1. The van der Waals surface area contributed by atoms with Gasteiger partial charge in [0.05, 0.1) is 30.1 Å². The number of carbonyl (C=O) groups excluding carboxylic acids is 3. The SMILES string of the molecule is C=CCN(C)C(=O)[C@@H]1[C@H]2C(=O)N([C@@H](CO)C(C)C)C(C(=O)N(CC=C)C(C)(C)C)C23CC(C)[C@@]1(C)O3. The molecular weight excluding hydrogens is 458 g/mol. The van der Waals surface area contributed by atoms with Gasteiger partial charge in [0, 0.05) is 25.7 Å². The van der Waals surface area contributed by atoms with Gasteiger partial charge < -0.3 is 24.5 Å². The van der Waals surface area contributed by atoms with Crippen molar-refractivity contribution in [3.63, 3.8) is 0 Å². The Balaban J connectivity index is 2.23. The number of hydrogen-bond donors (Lipinski definition) is 1. The van der Waals surface area contributed by atoms with Crippen LogP contribution in [0, 0.1) is 23.7 Å². The second-order valence-corrected chi connectivity index (χ2v) is 12.4. The first-order chi connectivity index (χ1) is 16.6. The molecule has 2 bridgehead atoms. The molecule has 0 saturated carbocycles. The molecule has 8 nitrogen and oxygen atoms in total. The van der Waals surface area contributed by atoms with Gasteiger partial charge >= 0.3 is 0 Å². The van der Waals surface area contributed by atoms with Gasteiger partial charge in [-0.2, -0.15) is 0 Å². The summed E-state index contributed by atoms with van der Waals surface area (Å²) in [6, 6.07) is -1.52. The molecule has 1 N–H and O–H groups in total. The van der Waals surface area contributed by atoms with Crippen molar-refractivity contribution in [3.05, 3.63) is 25.3 Å². The van der Waals surface area contributed by atoms with Crippen LogP contribution in [0.2, 0.25) is 0 Å². The Kier molecular flexibility index (Phi) is 7.57. The number of hydrogen-bond acceptors (Lipinski definition) is 5. The molecule has 3 saturated heterocycles. The third-order valence-electron chi connectivity index (χ3n) is 8.73. The summed E-state index contributed by atoms with van der Waals surface area (Å²) in [5, 5.41) is 10.4. The molecule has 0 radical (unpaired) electrons. The zero-order chi connectivity index (χ0) is 27.4. The fourth-order valence-corrected chi connectivity index (χ4v) is 6.80. The predicted molar refractivity (Wildman–Crippen MR) is 139 cm³/mol. The van der Waals surface area contributed by atoms with Gasteiger partial charge in [-0.3, -0.25) is 14.4 Å². The van der Waals surface area contributed by atoms with Crippen LogP contribution in [0.15, 0.2) is 25.3 Å². The molecule has 1 spiro atoms.